The van der Waals surface area contributed by atoms with Gasteiger partial charge in [-0.3, -0.25) is 0 Å². The molecule has 1 fully saturated rings. The third-order valence-electron chi connectivity index (χ3n) is 3.42. The van der Waals surface area contributed by atoms with Crippen molar-refractivity contribution < 1.29 is 0 Å². The van der Waals surface area contributed by atoms with Crippen molar-refractivity contribution in [2.24, 2.45) is 0 Å². The Hall–Kier alpha value is -1.25. The van der Waals surface area contributed by atoms with Gasteiger partial charge in [-0.15, -0.1) is 0 Å². The van der Waals surface area contributed by atoms with Crippen LogP contribution in [-0.2, 0) is 0 Å². The number of nitrogens with two attached hydrogens (primary N) is 1. The van der Waals surface area contributed by atoms with E-state index in [2.05, 4.69) is 16.8 Å². The second kappa shape index (κ2) is 5.19. The lowest BCUT2D eigenvalue weighted by Crippen LogP contribution is -2.37. The predicted octanol–water partition coefficient (Wildman–Crippen LogP) is 2.82. The minimum absolute atomic E-state index is 0.660. The largest absolute Gasteiger partial charge is 0.399 e. The Morgan fingerprint density at radius 2 is 2.12 bits per heavy atom. The van der Waals surface area contributed by atoms with E-state index < -0.39 is 0 Å². The maximum Gasteiger partial charge on any atom is 0.130 e. The maximum absolute atomic E-state index is 5.81. The summed E-state index contributed by atoms with van der Waals surface area (Å²) in [6, 6.07) is 4.49. The second-order valence-electron chi connectivity index (χ2n) is 4.53. The van der Waals surface area contributed by atoms with Crippen molar-refractivity contribution in [3.05, 3.63) is 18.3 Å². The SMILES string of the molecule is CCN(c1cc(N)ccn1)C1CCCCC1. The Morgan fingerprint density at radius 3 is 2.75 bits per heavy atom. The van der Waals surface area contributed by atoms with Gasteiger partial charge in [-0.25, -0.2) is 4.98 Å². The molecule has 2 N–H and O–H groups in total. The van der Waals surface area contributed by atoms with Gasteiger partial charge in [0.2, 0.25) is 0 Å². The maximum atomic E-state index is 5.81. The van der Waals surface area contributed by atoms with Gasteiger partial charge >= 0.3 is 0 Å². The topological polar surface area (TPSA) is 42.1 Å². The Morgan fingerprint density at radius 1 is 1.38 bits per heavy atom. The fraction of sp³-hybridized carbons (Fsp3) is 0.615. The van der Waals surface area contributed by atoms with Crippen LogP contribution in [0.5, 0.6) is 0 Å². The van der Waals surface area contributed by atoms with Gasteiger partial charge in [0.1, 0.15) is 5.82 Å². The van der Waals surface area contributed by atoms with E-state index in [1.165, 1.54) is 32.1 Å². The van der Waals surface area contributed by atoms with E-state index in [4.69, 9.17) is 5.73 Å². The number of pyridine rings is 1. The Labute approximate surface area is 97.7 Å². The molecule has 16 heavy (non-hydrogen) atoms. The molecule has 0 radical (unpaired) electrons. The molecule has 0 atom stereocenters. The van der Waals surface area contributed by atoms with Crippen LogP contribution in [0.3, 0.4) is 0 Å². The van der Waals surface area contributed by atoms with E-state index in [0.717, 1.165) is 18.1 Å². The zero-order chi connectivity index (χ0) is 11.4. The molecule has 0 spiro atoms. The second-order valence-corrected chi connectivity index (χ2v) is 4.53. The lowest BCUT2D eigenvalue weighted by molar-refractivity contribution is 0.416. The highest BCUT2D eigenvalue weighted by Crippen LogP contribution is 2.26. The molecule has 1 heterocycles. The zero-order valence-corrected chi connectivity index (χ0v) is 10.0. The summed E-state index contributed by atoms with van der Waals surface area (Å²) in [5, 5.41) is 0. The van der Waals surface area contributed by atoms with Crippen LogP contribution < -0.4 is 10.6 Å². The molecule has 0 bridgehead atoms. The van der Waals surface area contributed by atoms with Gasteiger partial charge in [-0.2, -0.15) is 0 Å². The molecule has 1 aromatic rings. The van der Waals surface area contributed by atoms with Crippen LogP contribution in [0, 0.1) is 0 Å². The standard InChI is InChI=1S/C13H21N3/c1-2-16(12-6-4-3-5-7-12)13-10-11(14)8-9-15-13/h8-10,12H,2-7H2,1H3,(H2,14,15). The minimum Gasteiger partial charge on any atom is -0.399 e. The number of aromatic nitrogens is 1. The van der Waals surface area contributed by atoms with Gasteiger partial charge in [-0.1, -0.05) is 19.3 Å². The van der Waals surface area contributed by atoms with Crippen LogP contribution in [0.4, 0.5) is 11.5 Å². The van der Waals surface area contributed by atoms with E-state index in [0.29, 0.717) is 6.04 Å². The highest BCUT2D eigenvalue weighted by molar-refractivity contribution is 5.50. The molecule has 3 heteroatoms. The first-order valence-corrected chi connectivity index (χ1v) is 6.29. The van der Waals surface area contributed by atoms with Gasteiger partial charge in [0.15, 0.2) is 0 Å². The molecule has 1 saturated carbocycles. The van der Waals surface area contributed by atoms with Crippen LogP contribution in [0.2, 0.25) is 0 Å². The van der Waals surface area contributed by atoms with E-state index in [1.807, 2.05) is 12.1 Å². The summed E-state index contributed by atoms with van der Waals surface area (Å²) in [4.78, 5) is 6.83. The average molecular weight is 219 g/mol. The molecule has 1 aliphatic carbocycles. The molecule has 2 rings (SSSR count). The highest BCUT2D eigenvalue weighted by Gasteiger charge is 2.20. The van der Waals surface area contributed by atoms with Crippen molar-refractivity contribution in [3.8, 4) is 0 Å². The molecule has 3 nitrogen and oxygen atoms in total. The third kappa shape index (κ3) is 2.46. The van der Waals surface area contributed by atoms with Crippen molar-refractivity contribution >= 4 is 11.5 Å². The van der Waals surface area contributed by atoms with Gasteiger partial charge in [0, 0.05) is 30.5 Å². The van der Waals surface area contributed by atoms with Crippen LogP contribution in [0.25, 0.3) is 0 Å². The lowest BCUT2D eigenvalue weighted by atomic mass is 9.94. The molecule has 0 aromatic carbocycles. The summed E-state index contributed by atoms with van der Waals surface area (Å²) in [5.41, 5.74) is 6.62. The average Bonchev–Trinajstić information content (AvgIpc) is 2.31. The Balaban J connectivity index is 2.14. The Kier molecular flexibility index (Phi) is 3.65. The van der Waals surface area contributed by atoms with Gasteiger partial charge in [0.25, 0.3) is 0 Å². The van der Waals surface area contributed by atoms with Crippen LogP contribution in [0.1, 0.15) is 39.0 Å². The zero-order valence-electron chi connectivity index (χ0n) is 10.0. The molecule has 1 aliphatic rings. The summed E-state index contributed by atoms with van der Waals surface area (Å²) in [6.45, 7) is 3.21. The number of rotatable bonds is 3. The summed E-state index contributed by atoms with van der Waals surface area (Å²) >= 11 is 0. The van der Waals surface area contributed by atoms with Crippen molar-refractivity contribution in [1.29, 1.82) is 0 Å². The fourth-order valence-corrected chi connectivity index (χ4v) is 2.59. The van der Waals surface area contributed by atoms with Gasteiger partial charge < -0.3 is 10.6 Å². The van der Waals surface area contributed by atoms with E-state index in [9.17, 15) is 0 Å². The minimum atomic E-state index is 0.660. The monoisotopic (exact) mass is 219 g/mol. The van der Waals surface area contributed by atoms with Crippen LogP contribution in [0.15, 0.2) is 18.3 Å². The molecule has 0 aliphatic heterocycles. The van der Waals surface area contributed by atoms with Gasteiger partial charge in [-0.05, 0) is 25.8 Å². The van der Waals surface area contributed by atoms with Crippen molar-refractivity contribution in [2.45, 2.75) is 45.1 Å². The fourth-order valence-electron chi connectivity index (χ4n) is 2.59. The van der Waals surface area contributed by atoms with Gasteiger partial charge in [0.05, 0.1) is 0 Å². The molecule has 0 amide bonds. The van der Waals surface area contributed by atoms with Crippen LogP contribution >= 0.6 is 0 Å². The first-order valence-electron chi connectivity index (χ1n) is 6.29. The number of nitrogens with zero attached hydrogens (tertiary/aromatic N) is 2. The quantitative estimate of drug-likeness (QED) is 0.850. The summed E-state index contributed by atoms with van der Waals surface area (Å²) in [5.74, 6) is 1.04. The number of hydrogen-bond acceptors (Lipinski definition) is 3. The highest BCUT2D eigenvalue weighted by atomic mass is 15.2. The number of hydrogen-bond donors (Lipinski definition) is 1. The first-order chi connectivity index (χ1) is 7.81. The van der Waals surface area contributed by atoms with Crippen molar-refractivity contribution in [3.63, 3.8) is 0 Å². The number of anilines is 2. The van der Waals surface area contributed by atoms with Crippen molar-refractivity contribution in [2.75, 3.05) is 17.2 Å². The smallest absolute Gasteiger partial charge is 0.130 e. The predicted molar refractivity (Wildman–Crippen MR) is 68.5 cm³/mol. The molecular formula is C13H21N3. The molecule has 1 aromatic heterocycles. The van der Waals surface area contributed by atoms with E-state index in [1.54, 1.807) is 6.20 Å². The van der Waals surface area contributed by atoms with E-state index in [-0.39, 0.29) is 0 Å². The number of nitrogen functional groups attached to an aromatic ring is 1. The molecule has 0 saturated heterocycles. The molecule has 88 valence electrons. The molecule has 0 unspecified atom stereocenters. The van der Waals surface area contributed by atoms with E-state index >= 15 is 0 Å². The Bertz CT molecular complexity index is 332. The first kappa shape index (κ1) is 11.2. The summed E-state index contributed by atoms with van der Waals surface area (Å²) < 4.78 is 0. The summed E-state index contributed by atoms with van der Waals surface area (Å²) in [6.07, 6.45) is 8.48. The normalized spacial score (nSPS) is 17.3. The molecular weight excluding hydrogens is 198 g/mol. The van der Waals surface area contributed by atoms with Crippen LogP contribution in [-0.4, -0.2) is 17.6 Å². The van der Waals surface area contributed by atoms with Crippen molar-refractivity contribution in [1.82, 2.24) is 4.98 Å². The lowest BCUT2D eigenvalue weighted by Gasteiger charge is -2.34. The summed E-state index contributed by atoms with van der Waals surface area (Å²) in [7, 11) is 0. The third-order valence-corrected chi connectivity index (χ3v) is 3.42.